The first-order valence-corrected chi connectivity index (χ1v) is 10.9. The molecule has 154 valence electrons. The number of ether oxygens (including phenoxy) is 1. The van der Waals surface area contributed by atoms with E-state index in [1.165, 1.54) is 0 Å². The Kier molecular flexibility index (Phi) is 6.09. The van der Waals surface area contributed by atoms with Gasteiger partial charge in [-0.1, -0.05) is 0 Å². The Hall–Kier alpha value is -3.05. The van der Waals surface area contributed by atoms with Gasteiger partial charge in [0.15, 0.2) is 15.7 Å². The van der Waals surface area contributed by atoms with Crippen LogP contribution >= 0.6 is 0 Å². The number of nitrogens with two attached hydrogens (primary N) is 1. The Balaban J connectivity index is 1.93. The van der Waals surface area contributed by atoms with Gasteiger partial charge in [0.1, 0.15) is 5.82 Å². The molecule has 1 aliphatic rings. The second-order valence-corrected chi connectivity index (χ2v) is 8.75. The maximum Gasteiger partial charge on any atom is 0.313 e. The molecule has 2 aromatic rings. The second-order valence-electron chi connectivity index (χ2n) is 6.61. The van der Waals surface area contributed by atoms with Crippen molar-refractivity contribution in [2.75, 3.05) is 42.8 Å². The fourth-order valence-electron chi connectivity index (χ4n) is 2.80. The molecular formula is C18H21N5O5S. The number of carbonyl (C=O) groups excluding carboxylic acids is 2. The number of rotatable bonds is 5. The first kappa shape index (κ1) is 20.7. The summed E-state index contributed by atoms with van der Waals surface area (Å²) in [5, 5.41) is 2.37. The summed E-state index contributed by atoms with van der Waals surface area (Å²) in [4.78, 5) is 33.2. The molecule has 3 rings (SSSR count). The number of benzene rings is 1. The van der Waals surface area contributed by atoms with Crippen LogP contribution in [0.2, 0.25) is 0 Å². The minimum atomic E-state index is -3.28. The van der Waals surface area contributed by atoms with Crippen LogP contribution in [0.5, 0.6) is 0 Å². The quantitative estimate of drug-likeness (QED) is 0.642. The number of carbonyl (C=O) groups is 2. The van der Waals surface area contributed by atoms with E-state index in [9.17, 15) is 18.0 Å². The SMILES string of the molecule is CS(=O)(=O)Cc1cc(N2CCOCC2)nc(-c2ccc(NC(=O)C(N)=O)cc2)n1. The predicted octanol–water partition coefficient (Wildman–Crippen LogP) is -0.0514. The number of primary amides is 1. The minimum absolute atomic E-state index is 0.202. The molecule has 0 radical (unpaired) electrons. The van der Waals surface area contributed by atoms with Gasteiger partial charge < -0.3 is 20.7 Å². The number of aromatic nitrogens is 2. The summed E-state index contributed by atoms with van der Waals surface area (Å²) in [6, 6.07) is 8.17. The highest BCUT2D eigenvalue weighted by Gasteiger charge is 2.17. The van der Waals surface area contributed by atoms with Crippen molar-refractivity contribution in [2.45, 2.75) is 5.75 Å². The van der Waals surface area contributed by atoms with Gasteiger partial charge in [0.25, 0.3) is 0 Å². The van der Waals surface area contributed by atoms with E-state index in [2.05, 4.69) is 15.3 Å². The maximum atomic E-state index is 11.8. The van der Waals surface area contributed by atoms with Crippen molar-refractivity contribution in [3.8, 4) is 11.4 Å². The summed E-state index contributed by atoms with van der Waals surface area (Å²) >= 11 is 0. The fraction of sp³-hybridized carbons (Fsp3) is 0.333. The lowest BCUT2D eigenvalue weighted by Gasteiger charge is -2.28. The topological polar surface area (TPSA) is 145 Å². The highest BCUT2D eigenvalue weighted by atomic mass is 32.2. The van der Waals surface area contributed by atoms with Crippen LogP contribution in [-0.2, 0) is 29.9 Å². The van der Waals surface area contributed by atoms with Crippen molar-refractivity contribution in [1.82, 2.24) is 9.97 Å². The van der Waals surface area contributed by atoms with E-state index in [4.69, 9.17) is 10.5 Å². The van der Waals surface area contributed by atoms with Gasteiger partial charge in [-0.15, -0.1) is 0 Å². The number of amides is 2. The Morgan fingerprint density at radius 3 is 2.41 bits per heavy atom. The van der Waals surface area contributed by atoms with Gasteiger partial charge in [-0.05, 0) is 24.3 Å². The summed E-state index contributed by atoms with van der Waals surface area (Å²) in [5.41, 5.74) is 6.34. The van der Waals surface area contributed by atoms with Crippen LogP contribution in [0.1, 0.15) is 5.69 Å². The van der Waals surface area contributed by atoms with E-state index in [1.54, 1.807) is 30.3 Å². The van der Waals surface area contributed by atoms with Gasteiger partial charge in [-0.3, -0.25) is 9.59 Å². The smallest absolute Gasteiger partial charge is 0.313 e. The highest BCUT2D eigenvalue weighted by Crippen LogP contribution is 2.23. The molecule has 10 nitrogen and oxygen atoms in total. The number of nitrogens with zero attached hydrogens (tertiary/aromatic N) is 3. The molecule has 0 aliphatic carbocycles. The monoisotopic (exact) mass is 419 g/mol. The first-order valence-electron chi connectivity index (χ1n) is 8.81. The molecule has 3 N–H and O–H groups in total. The molecule has 0 saturated carbocycles. The number of anilines is 2. The van der Waals surface area contributed by atoms with Crippen LogP contribution in [0.3, 0.4) is 0 Å². The fourth-order valence-corrected chi connectivity index (χ4v) is 3.49. The molecule has 1 aliphatic heterocycles. The van der Waals surface area contributed by atoms with Crippen molar-refractivity contribution in [2.24, 2.45) is 5.73 Å². The van der Waals surface area contributed by atoms with Crippen LogP contribution in [0.4, 0.5) is 11.5 Å². The summed E-state index contributed by atoms with van der Waals surface area (Å²) in [6.07, 6.45) is 1.15. The van der Waals surface area contributed by atoms with E-state index in [1.807, 2.05) is 4.90 Å². The summed E-state index contributed by atoms with van der Waals surface area (Å²) in [5.74, 6) is -1.21. The number of morpholine rings is 1. The molecule has 0 bridgehead atoms. The van der Waals surface area contributed by atoms with E-state index in [0.29, 0.717) is 54.9 Å². The van der Waals surface area contributed by atoms with Crippen molar-refractivity contribution in [3.63, 3.8) is 0 Å². The normalized spacial score (nSPS) is 14.4. The molecule has 11 heteroatoms. The van der Waals surface area contributed by atoms with Gasteiger partial charge >= 0.3 is 11.8 Å². The zero-order chi connectivity index (χ0) is 21.0. The lowest BCUT2D eigenvalue weighted by Crippen LogP contribution is -2.37. The Labute approximate surface area is 168 Å². The molecule has 2 amide bonds. The molecular weight excluding hydrogens is 398 g/mol. The van der Waals surface area contributed by atoms with Crippen molar-refractivity contribution in [3.05, 3.63) is 36.0 Å². The Morgan fingerprint density at radius 2 is 1.83 bits per heavy atom. The molecule has 1 fully saturated rings. The van der Waals surface area contributed by atoms with E-state index >= 15 is 0 Å². The third-order valence-corrected chi connectivity index (χ3v) is 4.96. The van der Waals surface area contributed by atoms with Gasteiger partial charge in [-0.25, -0.2) is 18.4 Å². The van der Waals surface area contributed by atoms with Gasteiger partial charge in [0.05, 0.1) is 24.7 Å². The van der Waals surface area contributed by atoms with E-state index in [0.717, 1.165) is 6.26 Å². The van der Waals surface area contributed by atoms with Crippen molar-refractivity contribution >= 4 is 33.2 Å². The largest absolute Gasteiger partial charge is 0.378 e. The summed E-state index contributed by atoms with van der Waals surface area (Å²) in [6.45, 7) is 2.42. The lowest BCUT2D eigenvalue weighted by atomic mass is 10.2. The van der Waals surface area contributed by atoms with Crippen molar-refractivity contribution in [1.29, 1.82) is 0 Å². The van der Waals surface area contributed by atoms with Crippen LogP contribution in [0.15, 0.2) is 30.3 Å². The van der Waals surface area contributed by atoms with Gasteiger partial charge in [0, 0.05) is 36.7 Å². The molecule has 1 saturated heterocycles. The maximum absolute atomic E-state index is 11.8. The predicted molar refractivity (Wildman–Crippen MR) is 107 cm³/mol. The van der Waals surface area contributed by atoms with Crippen LogP contribution in [-0.4, -0.2) is 62.8 Å². The zero-order valence-corrected chi connectivity index (χ0v) is 16.6. The van der Waals surface area contributed by atoms with Crippen LogP contribution < -0.4 is 16.0 Å². The Morgan fingerprint density at radius 1 is 1.17 bits per heavy atom. The molecule has 2 heterocycles. The third-order valence-electron chi connectivity index (χ3n) is 4.14. The highest BCUT2D eigenvalue weighted by molar-refractivity contribution is 7.89. The molecule has 29 heavy (non-hydrogen) atoms. The average molecular weight is 419 g/mol. The van der Waals surface area contributed by atoms with E-state index < -0.39 is 21.7 Å². The Bertz CT molecular complexity index is 1020. The summed E-state index contributed by atoms with van der Waals surface area (Å²) < 4.78 is 28.9. The van der Waals surface area contributed by atoms with Gasteiger partial charge in [-0.2, -0.15) is 0 Å². The molecule has 1 aromatic carbocycles. The van der Waals surface area contributed by atoms with Crippen LogP contribution in [0.25, 0.3) is 11.4 Å². The molecule has 0 unspecified atom stereocenters. The second kappa shape index (κ2) is 8.53. The lowest BCUT2D eigenvalue weighted by molar-refractivity contribution is -0.134. The number of hydrogen-bond acceptors (Lipinski definition) is 8. The zero-order valence-electron chi connectivity index (χ0n) is 15.8. The standard InChI is InChI=1S/C18H21N5O5S/c1-29(26,27)11-14-10-15(23-6-8-28-9-7-23)22-17(20-14)12-2-4-13(5-3-12)21-18(25)16(19)24/h2-5,10H,6-9,11H2,1H3,(H2,19,24)(H,21,25). The third kappa shape index (κ3) is 5.72. The van der Waals surface area contributed by atoms with Gasteiger partial charge in [0.2, 0.25) is 0 Å². The number of sulfone groups is 1. The van der Waals surface area contributed by atoms with E-state index in [-0.39, 0.29) is 5.75 Å². The summed E-state index contributed by atoms with van der Waals surface area (Å²) in [7, 11) is -3.28. The number of hydrogen-bond donors (Lipinski definition) is 2. The average Bonchev–Trinajstić information content (AvgIpc) is 2.67. The molecule has 0 atom stereocenters. The first-order chi connectivity index (χ1) is 13.7. The van der Waals surface area contributed by atoms with Crippen LogP contribution in [0, 0.1) is 0 Å². The minimum Gasteiger partial charge on any atom is -0.378 e. The number of nitrogens with one attached hydrogen (secondary N) is 1. The molecule has 0 spiro atoms. The van der Waals surface area contributed by atoms with Crippen molar-refractivity contribution < 1.29 is 22.7 Å². The molecule has 1 aromatic heterocycles.